The molecular weight excluding hydrogens is 200 g/mol. The number of unbranched alkanes of at least 4 members (excludes halogenated alkanes) is 1. The van der Waals surface area contributed by atoms with Crippen LogP contribution in [-0.4, -0.2) is 18.1 Å². The van der Waals surface area contributed by atoms with Crippen LogP contribution in [0.1, 0.15) is 26.7 Å². The number of aromatic nitrogens is 1. The van der Waals surface area contributed by atoms with Crippen LogP contribution in [0.5, 0.6) is 0 Å². The van der Waals surface area contributed by atoms with E-state index in [1.54, 1.807) is 0 Å². The maximum atomic E-state index is 5.73. The Hall–Kier alpha value is -1.51. The lowest BCUT2D eigenvalue weighted by molar-refractivity contribution is 0.563. The molecule has 3 nitrogen and oxygen atoms in total. The fourth-order valence-corrected chi connectivity index (χ4v) is 1.73. The average Bonchev–Trinajstić information content (AvgIpc) is 2.73. The Balaban J connectivity index is 2.23. The van der Waals surface area contributed by atoms with Gasteiger partial charge in [-0.2, -0.15) is 4.98 Å². The Bertz CT molecular complexity index is 417. The summed E-state index contributed by atoms with van der Waals surface area (Å²) in [7, 11) is 0. The molecule has 86 valence electrons. The number of fused-ring (bicyclic) bond motifs is 1. The van der Waals surface area contributed by atoms with Crippen LogP contribution in [0.15, 0.2) is 28.7 Å². The first kappa shape index (κ1) is 11.0. The highest BCUT2D eigenvalue weighted by molar-refractivity contribution is 5.74. The molecule has 0 unspecified atom stereocenters. The molecule has 0 saturated carbocycles. The Morgan fingerprint density at radius 2 is 2.06 bits per heavy atom. The minimum Gasteiger partial charge on any atom is -0.423 e. The normalized spacial score (nSPS) is 10.9. The van der Waals surface area contributed by atoms with Crippen LogP contribution in [0, 0.1) is 0 Å². The molecule has 1 heterocycles. The van der Waals surface area contributed by atoms with Crippen molar-refractivity contribution in [2.75, 3.05) is 18.0 Å². The molecule has 0 saturated heterocycles. The van der Waals surface area contributed by atoms with Crippen LogP contribution in [-0.2, 0) is 0 Å². The molecule has 16 heavy (non-hydrogen) atoms. The van der Waals surface area contributed by atoms with Gasteiger partial charge in [0.05, 0.1) is 0 Å². The van der Waals surface area contributed by atoms with Crippen molar-refractivity contribution in [2.24, 2.45) is 0 Å². The van der Waals surface area contributed by atoms with E-state index in [2.05, 4.69) is 23.7 Å². The number of benzene rings is 1. The van der Waals surface area contributed by atoms with Gasteiger partial charge >= 0.3 is 0 Å². The molecule has 0 fully saturated rings. The lowest BCUT2D eigenvalue weighted by Crippen LogP contribution is -2.23. The van der Waals surface area contributed by atoms with Gasteiger partial charge in [-0.25, -0.2) is 0 Å². The first-order valence-electron chi connectivity index (χ1n) is 5.95. The van der Waals surface area contributed by atoms with E-state index in [0.29, 0.717) is 0 Å². The molecule has 0 spiro atoms. The number of hydrogen-bond donors (Lipinski definition) is 0. The van der Waals surface area contributed by atoms with Gasteiger partial charge in [-0.1, -0.05) is 25.5 Å². The van der Waals surface area contributed by atoms with Gasteiger partial charge in [-0.3, -0.25) is 0 Å². The summed E-state index contributed by atoms with van der Waals surface area (Å²) in [5.41, 5.74) is 1.81. The second-order valence-electron chi connectivity index (χ2n) is 3.90. The van der Waals surface area contributed by atoms with E-state index < -0.39 is 0 Å². The first-order valence-corrected chi connectivity index (χ1v) is 5.95. The van der Waals surface area contributed by atoms with Crippen molar-refractivity contribution in [3.8, 4) is 0 Å². The fraction of sp³-hybridized carbons (Fsp3) is 0.462. The molecule has 1 aromatic carbocycles. The highest BCUT2D eigenvalue weighted by Gasteiger charge is 2.11. The molecule has 0 bridgehead atoms. The third kappa shape index (κ3) is 2.18. The molecule has 0 radical (unpaired) electrons. The molecule has 0 N–H and O–H groups in total. The van der Waals surface area contributed by atoms with Gasteiger partial charge in [-0.05, 0) is 25.5 Å². The number of oxazole rings is 1. The first-order chi connectivity index (χ1) is 7.85. The highest BCUT2D eigenvalue weighted by Crippen LogP contribution is 2.21. The zero-order valence-electron chi connectivity index (χ0n) is 9.94. The summed E-state index contributed by atoms with van der Waals surface area (Å²) < 4.78 is 5.73. The Morgan fingerprint density at radius 1 is 1.25 bits per heavy atom. The van der Waals surface area contributed by atoms with Crippen molar-refractivity contribution < 1.29 is 4.42 Å². The van der Waals surface area contributed by atoms with Crippen LogP contribution in [0.3, 0.4) is 0 Å². The molecule has 0 aliphatic rings. The SMILES string of the molecule is CCCCN(CC)c1nc2ccccc2o1. The number of hydrogen-bond acceptors (Lipinski definition) is 3. The van der Waals surface area contributed by atoms with Crippen molar-refractivity contribution in [3.63, 3.8) is 0 Å². The van der Waals surface area contributed by atoms with E-state index >= 15 is 0 Å². The monoisotopic (exact) mass is 218 g/mol. The summed E-state index contributed by atoms with van der Waals surface area (Å²) in [6, 6.07) is 8.64. The van der Waals surface area contributed by atoms with Crippen LogP contribution < -0.4 is 4.90 Å². The summed E-state index contributed by atoms with van der Waals surface area (Å²) in [5, 5.41) is 0. The standard InChI is InChI=1S/C13H18N2O/c1-3-5-10-15(4-2)13-14-11-8-6-7-9-12(11)16-13/h6-9H,3-5,10H2,1-2H3. The Kier molecular flexibility index (Phi) is 3.44. The van der Waals surface area contributed by atoms with Gasteiger partial charge in [0.15, 0.2) is 5.58 Å². The number of rotatable bonds is 5. The van der Waals surface area contributed by atoms with Gasteiger partial charge in [0.2, 0.25) is 0 Å². The maximum absolute atomic E-state index is 5.73. The van der Waals surface area contributed by atoms with E-state index in [9.17, 15) is 0 Å². The zero-order chi connectivity index (χ0) is 11.4. The summed E-state index contributed by atoms with van der Waals surface area (Å²) >= 11 is 0. The average molecular weight is 218 g/mol. The second-order valence-corrected chi connectivity index (χ2v) is 3.90. The van der Waals surface area contributed by atoms with Crippen molar-refractivity contribution in [1.82, 2.24) is 4.98 Å². The van der Waals surface area contributed by atoms with Crippen molar-refractivity contribution in [1.29, 1.82) is 0 Å². The predicted molar refractivity (Wildman–Crippen MR) is 66.8 cm³/mol. The predicted octanol–water partition coefficient (Wildman–Crippen LogP) is 3.45. The highest BCUT2D eigenvalue weighted by atomic mass is 16.4. The molecule has 0 amide bonds. The molecule has 1 aromatic heterocycles. The smallest absolute Gasteiger partial charge is 0.298 e. The third-order valence-electron chi connectivity index (χ3n) is 2.72. The molecule has 0 aliphatic carbocycles. The molecular formula is C13H18N2O. The van der Waals surface area contributed by atoms with Crippen LogP contribution in [0.4, 0.5) is 6.01 Å². The van der Waals surface area contributed by atoms with Gasteiger partial charge in [0.1, 0.15) is 5.52 Å². The molecule has 3 heteroatoms. The summed E-state index contributed by atoms with van der Waals surface area (Å²) in [6.07, 6.45) is 2.36. The van der Waals surface area contributed by atoms with Gasteiger partial charge in [-0.15, -0.1) is 0 Å². The van der Waals surface area contributed by atoms with E-state index in [1.807, 2.05) is 24.3 Å². The van der Waals surface area contributed by atoms with Crippen LogP contribution in [0.2, 0.25) is 0 Å². The summed E-state index contributed by atoms with van der Waals surface area (Å²) in [5.74, 6) is 0. The zero-order valence-corrected chi connectivity index (χ0v) is 9.94. The second kappa shape index (κ2) is 5.01. The van der Waals surface area contributed by atoms with E-state index in [0.717, 1.165) is 30.2 Å². The van der Waals surface area contributed by atoms with Gasteiger partial charge in [0.25, 0.3) is 6.01 Å². The van der Waals surface area contributed by atoms with Crippen molar-refractivity contribution in [3.05, 3.63) is 24.3 Å². The minimum atomic E-state index is 0.747. The summed E-state index contributed by atoms with van der Waals surface area (Å²) in [4.78, 5) is 6.68. The van der Waals surface area contributed by atoms with E-state index in [-0.39, 0.29) is 0 Å². The van der Waals surface area contributed by atoms with Crippen LogP contribution >= 0.6 is 0 Å². The third-order valence-corrected chi connectivity index (χ3v) is 2.72. The quantitative estimate of drug-likeness (QED) is 0.769. The van der Waals surface area contributed by atoms with Crippen molar-refractivity contribution in [2.45, 2.75) is 26.7 Å². The maximum Gasteiger partial charge on any atom is 0.298 e. The summed E-state index contributed by atoms with van der Waals surface area (Å²) in [6.45, 7) is 6.27. The molecule has 0 aliphatic heterocycles. The number of nitrogens with zero attached hydrogens (tertiary/aromatic N) is 2. The van der Waals surface area contributed by atoms with E-state index in [4.69, 9.17) is 4.42 Å². The number of para-hydroxylation sites is 2. The fourth-order valence-electron chi connectivity index (χ4n) is 1.73. The van der Waals surface area contributed by atoms with Crippen LogP contribution in [0.25, 0.3) is 11.1 Å². The molecule has 0 atom stereocenters. The van der Waals surface area contributed by atoms with Gasteiger partial charge in [0, 0.05) is 13.1 Å². The van der Waals surface area contributed by atoms with E-state index in [1.165, 1.54) is 12.8 Å². The topological polar surface area (TPSA) is 29.3 Å². The molecule has 2 rings (SSSR count). The number of anilines is 1. The largest absolute Gasteiger partial charge is 0.423 e. The Labute approximate surface area is 96.1 Å². The lowest BCUT2D eigenvalue weighted by Gasteiger charge is -2.17. The Morgan fingerprint density at radius 3 is 2.75 bits per heavy atom. The molecule has 2 aromatic rings. The lowest BCUT2D eigenvalue weighted by atomic mass is 10.3. The van der Waals surface area contributed by atoms with Crippen molar-refractivity contribution >= 4 is 17.1 Å². The minimum absolute atomic E-state index is 0.747. The van der Waals surface area contributed by atoms with Gasteiger partial charge < -0.3 is 9.32 Å².